The normalized spacial score (nSPS) is 12.5. The van der Waals surface area contributed by atoms with Crippen molar-refractivity contribution in [1.29, 1.82) is 0 Å². The van der Waals surface area contributed by atoms with Crippen molar-refractivity contribution in [2.75, 3.05) is 7.11 Å². The van der Waals surface area contributed by atoms with E-state index >= 15 is 0 Å². The molecule has 0 aliphatic heterocycles. The Morgan fingerprint density at radius 2 is 2.18 bits per heavy atom. The maximum Gasteiger partial charge on any atom is 0.305 e. The molecule has 1 atom stereocenters. The van der Waals surface area contributed by atoms with Gasteiger partial charge in [-0.2, -0.15) is 0 Å². The van der Waals surface area contributed by atoms with Crippen LogP contribution in [-0.2, 0) is 16.1 Å². The van der Waals surface area contributed by atoms with Gasteiger partial charge in [-0.15, -0.1) is 0 Å². The van der Waals surface area contributed by atoms with Crippen LogP contribution in [0.4, 0.5) is 8.78 Å². The van der Waals surface area contributed by atoms with E-state index in [-0.39, 0.29) is 12.2 Å². The van der Waals surface area contributed by atoms with E-state index < -0.39 is 30.1 Å². The summed E-state index contributed by atoms with van der Waals surface area (Å²) in [4.78, 5) is 10.5. The van der Waals surface area contributed by atoms with Crippen LogP contribution in [-0.4, -0.2) is 18.2 Å². The zero-order valence-corrected chi connectivity index (χ0v) is 9.24. The summed E-state index contributed by atoms with van der Waals surface area (Å²) in [5, 5.41) is 8.56. The topological polar surface area (TPSA) is 72.5 Å². The molecule has 6 heteroatoms. The average molecular weight is 245 g/mol. The van der Waals surface area contributed by atoms with Gasteiger partial charge in [-0.1, -0.05) is 0 Å². The summed E-state index contributed by atoms with van der Waals surface area (Å²) in [7, 11) is 1.41. The molecule has 0 aromatic heterocycles. The Labute approximate surface area is 97.0 Å². The summed E-state index contributed by atoms with van der Waals surface area (Å²) in [5.74, 6) is -3.34. The van der Waals surface area contributed by atoms with Crippen molar-refractivity contribution >= 4 is 5.97 Å². The van der Waals surface area contributed by atoms with E-state index in [1.807, 2.05) is 0 Å². The first-order chi connectivity index (χ1) is 7.95. The van der Waals surface area contributed by atoms with Gasteiger partial charge in [-0.25, -0.2) is 8.78 Å². The molecule has 0 saturated heterocycles. The molecule has 0 amide bonds. The number of carboxylic acid groups (broad SMARTS) is 1. The van der Waals surface area contributed by atoms with E-state index in [9.17, 15) is 13.6 Å². The number of hydrogen-bond donors (Lipinski definition) is 2. The van der Waals surface area contributed by atoms with Gasteiger partial charge in [0.1, 0.15) is 0 Å². The highest BCUT2D eigenvalue weighted by Crippen LogP contribution is 2.22. The highest BCUT2D eigenvalue weighted by molar-refractivity contribution is 5.67. The molecule has 0 spiro atoms. The fourth-order valence-corrected chi connectivity index (χ4v) is 1.49. The number of methoxy groups -OCH3 is 1. The minimum Gasteiger partial charge on any atom is -0.481 e. The summed E-state index contributed by atoms with van der Waals surface area (Å²) in [6, 6.07) is 1.23. The van der Waals surface area contributed by atoms with Crippen LogP contribution in [0.5, 0.6) is 0 Å². The third-order valence-corrected chi connectivity index (χ3v) is 2.22. The molecule has 0 heterocycles. The van der Waals surface area contributed by atoms with E-state index in [0.29, 0.717) is 5.56 Å². The van der Waals surface area contributed by atoms with Crippen LogP contribution in [0.2, 0.25) is 0 Å². The van der Waals surface area contributed by atoms with E-state index in [2.05, 4.69) is 0 Å². The fraction of sp³-hybridized carbons (Fsp3) is 0.364. The van der Waals surface area contributed by atoms with Gasteiger partial charge >= 0.3 is 5.97 Å². The first kappa shape index (κ1) is 13.5. The molecule has 1 aromatic carbocycles. The smallest absolute Gasteiger partial charge is 0.305 e. The zero-order chi connectivity index (χ0) is 13.0. The highest BCUT2D eigenvalue weighted by Gasteiger charge is 2.18. The molecule has 0 saturated carbocycles. The molecule has 94 valence electrons. The number of benzene rings is 1. The van der Waals surface area contributed by atoms with Crippen molar-refractivity contribution in [1.82, 2.24) is 0 Å². The van der Waals surface area contributed by atoms with Crippen LogP contribution in [0.15, 0.2) is 12.1 Å². The van der Waals surface area contributed by atoms with Crippen molar-refractivity contribution in [2.45, 2.75) is 19.1 Å². The zero-order valence-electron chi connectivity index (χ0n) is 9.24. The number of aliphatic carboxylic acids is 1. The second kappa shape index (κ2) is 5.70. The Morgan fingerprint density at radius 1 is 1.53 bits per heavy atom. The lowest BCUT2D eigenvalue weighted by molar-refractivity contribution is -0.137. The van der Waals surface area contributed by atoms with Gasteiger partial charge in [0.15, 0.2) is 11.6 Å². The van der Waals surface area contributed by atoms with E-state index in [0.717, 1.165) is 6.07 Å². The Kier molecular flexibility index (Phi) is 4.53. The number of ether oxygens (including phenoxy) is 1. The third-order valence-electron chi connectivity index (χ3n) is 2.22. The number of nitrogens with two attached hydrogens (primary N) is 1. The second-order valence-corrected chi connectivity index (χ2v) is 3.62. The molecule has 0 fully saturated rings. The molecule has 0 bridgehead atoms. The largest absolute Gasteiger partial charge is 0.481 e. The van der Waals surface area contributed by atoms with Crippen molar-refractivity contribution < 1.29 is 23.4 Å². The van der Waals surface area contributed by atoms with E-state index in [1.165, 1.54) is 13.2 Å². The molecular formula is C11H13F2NO3. The molecule has 0 aliphatic carbocycles. The number of rotatable bonds is 5. The summed E-state index contributed by atoms with van der Waals surface area (Å²) in [5.41, 5.74) is 5.75. The van der Waals surface area contributed by atoms with Gasteiger partial charge in [-0.05, 0) is 17.7 Å². The van der Waals surface area contributed by atoms with Crippen molar-refractivity contribution in [3.8, 4) is 0 Å². The van der Waals surface area contributed by atoms with Crippen molar-refractivity contribution in [3.63, 3.8) is 0 Å². The van der Waals surface area contributed by atoms with Crippen LogP contribution in [0.3, 0.4) is 0 Å². The van der Waals surface area contributed by atoms with Gasteiger partial charge in [0.05, 0.1) is 13.0 Å². The Morgan fingerprint density at radius 3 is 2.71 bits per heavy atom. The minimum atomic E-state index is -1.17. The van der Waals surface area contributed by atoms with Gasteiger partial charge in [-0.3, -0.25) is 4.79 Å². The molecule has 0 radical (unpaired) electrons. The first-order valence-corrected chi connectivity index (χ1v) is 4.89. The quantitative estimate of drug-likeness (QED) is 0.826. The maximum absolute atomic E-state index is 13.4. The number of carboxylic acids is 1. The Hall–Kier alpha value is -1.53. The van der Waals surface area contributed by atoms with E-state index in [1.54, 1.807) is 0 Å². The van der Waals surface area contributed by atoms with Crippen LogP contribution < -0.4 is 5.73 Å². The standard InChI is InChI=1S/C11H13F2NO3/c1-17-5-6-2-7(9(14)4-10(15)16)11(13)8(12)3-6/h2-3,9H,4-5,14H2,1H3,(H,15,16). The van der Waals surface area contributed by atoms with Gasteiger partial charge in [0.2, 0.25) is 0 Å². The SMILES string of the molecule is COCc1cc(F)c(F)c(C(N)CC(=O)O)c1. The number of hydrogen-bond acceptors (Lipinski definition) is 3. The molecule has 17 heavy (non-hydrogen) atoms. The average Bonchev–Trinajstić information content (AvgIpc) is 2.22. The summed E-state index contributed by atoms with van der Waals surface area (Å²) in [6.45, 7) is 0.101. The minimum absolute atomic E-state index is 0.101. The predicted octanol–water partition coefficient (Wildman–Crippen LogP) is 1.59. The maximum atomic E-state index is 13.4. The van der Waals surface area contributed by atoms with Crippen LogP contribution in [0.1, 0.15) is 23.6 Å². The predicted molar refractivity (Wildman–Crippen MR) is 56.3 cm³/mol. The summed E-state index contributed by atoms with van der Waals surface area (Å²) >= 11 is 0. The van der Waals surface area contributed by atoms with E-state index in [4.69, 9.17) is 15.6 Å². The van der Waals surface area contributed by atoms with Crippen molar-refractivity contribution in [3.05, 3.63) is 34.9 Å². The lowest BCUT2D eigenvalue weighted by atomic mass is 10.0. The lowest BCUT2D eigenvalue weighted by Gasteiger charge is -2.13. The summed E-state index contributed by atoms with van der Waals surface area (Å²) in [6.07, 6.45) is -0.465. The number of carbonyl (C=O) groups is 1. The van der Waals surface area contributed by atoms with Gasteiger partial charge in [0, 0.05) is 18.7 Å². The Balaban J connectivity index is 3.08. The fourth-order valence-electron chi connectivity index (χ4n) is 1.49. The highest BCUT2D eigenvalue weighted by atomic mass is 19.2. The molecule has 1 aromatic rings. The summed E-state index contributed by atoms with van der Waals surface area (Å²) < 4.78 is 31.5. The van der Waals surface area contributed by atoms with Crippen LogP contribution in [0.25, 0.3) is 0 Å². The lowest BCUT2D eigenvalue weighted by Crippen LogP contribution is -2.17. The molecule has 4 nitrogen and oxygen atoms in total. The van der Waals surface area contributed by atoms with Crippen LogP contribution >= 0.6 is 0 Å². The monoisotopic (exact) mass is 245 g/mol. The molecule has 1 rings (SSSR count). The molecular weight excluding hydrogens is 232 g/mol. The molecule has 3 N–H and O–H groups in total. The van der Waals surface area contributed by atoms with Gasteiger partial charge in [0.25, 0.3) is 0 Å². The van der Waals surface area contributed by atoms with Crippen molar-refractivity contribution in [2.24, 2.45) is 5.73 Å². The molecule has 0 aliphatic rings. The second-order valence-electron chi connectivity index (χ2n) is 3.62. The van der Waals surface area contributed by atoms with Gasteiger partial charge < -0.3 is 15.6 Å². The van der Waals surface area contributed by atoms with Crippen LogP contribution in [0, 0.1) is 11.6 Å². The number of halogens is 2. The Bertz CT molecular complexity index is 423. The third kappa shape index (κ3) is 3.47. The first-order valence-electron chi connectivity index (χ1n) is 4.89. The molecule has 1 unspecified atom stereocenters.